The minimum Gasteiger partial charge on any atom is -0.437 e. The van der Waals surface area contributed by atoms with Crippen molar-refractivity contribution in [2.75, 3.05) is 0 Å². The second-order valence-electron chi connectivity index (χ2n) is 3.46. The summed E-state index contributed by atoms with van der Waals surface area (Å²) < 4.78 is 5.55. The zero-order valence-electron chi connectivity index (χ0n) is 9.42. The SMILES string of the molecule is CCc1cccc(Oc2nnccc2C#N)c1. The van der Waals surface area contributed by atoms with Gasteiger partial charge in [-0.15, -0.1) is 5.10 Å². The fourth-order valence-electron chi connectivity index (χ4n) is 1.42. The summed E-state index contributed by atoms with van der Waals surface area (Å²) in [7, 11) is 0. The minimum absolute atomic E-state index is 0.239. The Balaban J connectivity index is 2.28. The number of nitrogens with zero attached hydrogens (tertiary/aromatic N) is 3. The fraction of sp³-hybridized carbons (Fsp3) is 0.154. The van der Waals surface area contributed by atoms with Crippen LogP contribution in [0.1, 0.15) is 18.1 Å². The molecule has 1 aromatic heterocycles. The maximum Gasteiger partial charge on any atom is 0.256 e. The van der Waals surface area contributed by atoms with Crippen molar-refractivity contribution >= 4 is 0 Å². The molecule has 0 saturated carbocycles. The molecule has 0 saturated heterocycles. The lowest BCUT2D eigenvalue weighted by atomic mass is 10.2. The molecule has 0 spiro atoms. The standard InChI is InChI=1S/C13H11N3O/c1-2-10-4-3-5-12(8-10)17-13-11(9-14)6-7-15-16-13/h3-8H,2H2,1H3. The van der Waals surface area contributed by atoms with Gasteiger partial charge in [0.05, 0.1) is 6.20 Å². The van der Waals surface area contributed by atoms with E-state index in [2.05, 4.69) is 17.1 Å². The van der Waals surface area contributed by atoms with Gasteiger partial charge in [-0.2, -0.15) is 10.4 Å². The van der Waals surface area contributed by atoms with Crippen LogP contribution in [0.2, 0.25) is 0 Å². The Morgan fingerprint density at radius 2 is 2.24 bits per heavy atom. The number of nitriles is 1. The van der Waals surface area contributed by atoms with Crippen molar-refractivity contribution in [3.8, 4) is 17.7 Å². The van der Waals surface area contributed by atoms with Gasteiger partial charge in [0.25, 0.3) is 5.88 Å². The Bertz CT molecular complexity index is 561. The van der Waals surface area contributed by atoms with Crippen molar-refractivity contribution in [1.29, 1.82) is 5.26 Å². The van der Waals surface area contributed by atoms with Crippen LogP contribution in [0.15, 0.2) is 36.5 Å². The van der Waals surface area contributed by atoms with Crippen molar-refractivity contribution < 1.29 is 4.74 Å². The Kier molecular flexibility index (Phi) is 3.31. The van der Waals surface area contributed by atoms with Crippen LogP contribution >= 0.6 is 0 Å². The lowest BCUT2D eigenvalue weighted by Gasteiger charge is -2.06. The van der Waals surface area contributed by atoms with Crippen molar-refractivity contribution in [2.24, 2.45) is 0 Å². The third-order valence-corrected chi connectivity index (χ3v) is 2.33. The van der Waals surface area contributed by atoms with Crippen molar-refractivity contribution in [1.82, 2.24) is 10.2 Å². The molecule has 0 atom stereocenters. The average Bonchev–Trinajstić information content (AvgIpc) is 2.39. The number of hydrogen-bond donors (Lipinski definition) is 0. The number of aryl methyl sites for hydroxylation is 1. The van der Waals surface area contributed by atoms with Gasteiger partial charge in [-0.25, -0.2) is 0 Å². The molecule has 4 heteroatoms. The van der Waals surface area contributed by atoms with Crippen LogP contribution in [-0.2, 0) is 6.42 Å². The lowest BCUT2D eigenvalue weighted by molar-refractivity contribution is 0.453. The summed E-state index contributed by atoms with van der Waals surface area (Å²) in [5.41, 5.74) is 1.55. The first-order valence-corrected chi connectivity index (χ1v) is 5.32. The fourth-order valence-corrected chi connectivity index (χ4v) is 1.42. The molecule has 0 unspecified atom stereocenters. The Morgan fingerprint density at radius 1 is 1.35 bits per heavy atom. The van der Waals surface area contributed by atoms with Crippen LogP contribution in [-0.4, -0.2) is 10.2 Å². The second-order valence-corrected chi connectivity index (χ2v) is 3.46. The number of hydrogen-bond acceptors (Lipinski definition) is 4. The van der Waals surface area contributed by atoms with E-state index >= 15 is 0 Å². The van der Waals surface area contributed by atoms with Crippen LogP contribution in [0.4, 0.5) is 0 Å². The van der Waals surface area contributed by atoms with Crippen LogP contribution in [0.25, 0.3) is 0 Å². The Labute approximate surface area is 99.5 Å². The molecule has 4 nitrogen and oxygen atoms in total. The van der Waals surface area contributed by atoms with E-state index in [-0.39, 0.29) is 5.88 Å². The lowest BCUT2D eigenvalue weighted by Crippen LogP contribution is -1.94. The van der Waals surface area contributed by atoms with E-state index < -0.39 is 0 Å². The quantitative estimate of drug-likeness (QED) is 0.805. The highest BCUT2D eigenvalue weighted by atomic mass is 16.5. The molecule has 0 fully saturated rings. The zero-order valence-corrected chi connectivity index (χ0v) is 9.42. The summed E-state index contributed by atoms with van der Waals surface area (Å²) in [6, 6.07) is 11.3. The Morgan fingerprint density at radius 3 is 3.00 bits per heavy atom. The number of rotatable bonds is 3. The maximum absolute atomic E-state index is 8.90. The first kappa shape index (κ1) is 11.1. The van der Waals surface area contributed by atoms with Crippen LogP contribution in [0, 0.1) is 11.3 Å². The summed E-state index contributed by atoms with van der Waals surface area (Å²) >= 11 is 0. The van der Waals surface area contributed by atoms with Gasteiger partial charge in [-0.05, 0) is 30.2 Å². The molecule has 1 heterocycles. The van der Waals surface area contributed by atoms with Gasteiger partial charge in [0, 0.05) is 0 Å². The number of aromatic nitrogens is 2. The van der Waals surface area contributed by atoms with E-state index in [0.29, 0.717) is 11.3 Å². The topological polar surface area (TPSA) is 58.8 Å². The minimum atomic E-state index is 0.239. The number of benzene rings is 1. The molecule has 0 aliphatic carbocycles. The third-order valence-electron chi connectivity index (χ3n) is 2.33. The molecule has 0 aliphatic rings. The zero-order chi connectivity index (χ0) is 12.1. The molecule has 0 bridgehead atoms. The average molecular weight is 225 g/mol. The van der Waals surface area contributed by atoms with E-state index in [1.807, 2.05) is 30.3 Å². The molecule has 0 radical (unpaired) electrons. The van der Waals surface area contributed by atoms with Crippen molar-refractivity contribution in [3.63, 3.8) is 0 Å². The van der Waals surface area contributed by atoms with Crippen molar-refractivity contribution in [2.45, 2.75) is 13.3 Å². The highest BCUT2D eigenvalue weighted by Gasteiger charge is 2.06. The highest BCUT2D eigenvalue weighted by molar-refractivity contribution is 5.39. The molecule has 17 heavy (non-hydrogen) atoms. The third kappa shape index (κ3) is 2.58. The molecular weight excluding hydrogens is 214 g/mol. The van der Waals surface area contributed by atoms with E-state index in [4.69, 9.17) is 10.00 Å². The normalized spacial score (nSPS) is 9.65. The molecule has 2 aromatic rings. The van der Waals surface area contributed by atoms with Crippen molar-refractivity contribution in [3.05, 3.63) is 47.7 Å². The molecule has 84 valence electrons. The van der Waals surface area contributed by atoms with E-state index in [9.17, 15) is 0 Å². The Hall–Kier alpha value is -2.41. The summed E-state index contributed by atoms with van der Waals surface area (Å²) in [6.07, 6.45) is 2.40. The van der Waals surface area contributed by atoms with Gasteiger partial charge < -0.3 is 4.74 Å². The van der Waals surface area contributed by atoms with E-state index in [1.54, 1.807) is 6.07 Å². The molecular formula is C13H11N3O. The van der Waals surface area contributed by atoms with Gasteiger partial charge in [0.2, 0.25) is 0 Å². The van der Waals surface area contributed by atoms with Crippen LogP contribution in [0.3, 0.4) is 0 Å². The maximum atomic E-state index is 8.90. The van der Waals surface area contributed by atoms with Gasteiger partial charge >= 0.3 is 0 Å². The van der Waals surface area contributed by atoms with Crippen LogP contribution < -0.4 is 4.74 Å². The predicted octanol–water partition coefficient (Wildman–Crippen LogP) is 2.70. The molecule has 0 aliphatic heterocycles. The smallest absolute Gasteiger partial charge is 0.256 e. The molecule has 0 amide bonds. The summed E-state index contributed by atoms with van der Waals surface area (Å²) in [5.74, 6) is 0.907. The van der Waals surface area contributed by atoms with Gasteiger partial charge in [0.15, 0.2) is 0 Å². The van der Waals surface area contributed by atoms with Gasteiger partial charge in [0.1, 0.15) is 17.4 Å². The summed E-state index contributed by atoms with van der Waals surface area (Å²) in [4.78, 5) is 0. The first-order valence-electron chi connectivity index (χ1n) is 5.32. The van der Waals surface area contributed by atoms with E-state index in [1.165, 1.54) is 11.8 Å². The molecule has 0 N–H and O–H groups in total. The molecule has 2 rings (SSSR count). The second kappa shape index (κ2) is 5.08. The van der Waals surface area contributed by atoms with Gasteiger partial charge in [-0.3, -0.25) is 0 Å². The van der Waals surface area contributed by atoms with E-state index in [0.717, 1.165) is 6.42 Å². The monoisotopic (exact) mass is 225 g/mol. The predicted molar refractivity (Wildman–Crippen MR) is 62.6 cm³/mol. The van der Waals surface area contributed by atoms with Gasteiger partial charge in [-0.1, -0.05) is 19.1 Å². The first-order chi connectivity index (χ1) is 8.33. The summed E-state index contributed by atoms with van der Waals surface area (Å²) in [6.45, 7) is 2.07. The van der Waals surface area contributed by atoms with Crippen LogP contribution in [0.5, 0.6) is 11.6 Å². The largest absolute Gasteiger partial charge is 0.437 e. The number of ether oxygens (including phenoxy) is 1. The summed E-state index contributed by atoms with van der Waals surface area (Å²) in [5, 5.41) is 16.4. The molecule has 1 aromatic carbocycles. The highest BCUT2D eigenvalue weighted by Crippen LogP contribution is 2.22.